The lowest BCUT2D eigenvalue weighted by Gasteiger charge is -2.25. The number of amides is 4. The van der Waals surface area contributed by atoms with Crippen LogP contribution in [0.1, 0.15) is 15.9 Å². The van der Waals surface area contributed by atoms with E-state index in [-0.39, 0.29) is 21.9 Å². The van der Waals surface area contributed by atoms with Gasteiger partial charge in [0.1, 0.15) is 11.8 Å². The maximum absolute atomic E-state index is 13.2. The molecule has 0 aliphatic rings. The molecule has 12 heteroatoms. The molecule has 9 nitrogen and oxygen atoms in total. The van der Waals surface area contributed by atoms with Crippen LogP contribution in [0, 0.1) is 0 Å². The molecule has 0 spiro atoms. The minimum Gasteiger partial charge on any atom is -0.350 e. The Morgan fingerprint density at radius 1 is 1.00 bits per heavy atom. The third kappa shape index (κ3) is 3.24. The first-order chi connectivity index (χ1) is 10.0. The summed E-state index contributed by atoms with van der Waals surface area (Å²) < 4.78 is 39.7. The van der Waals surface area contributed by atoms with Gasteiger partial charge < -0.3 is 11.5 Å². The number of alkyl halides is 3. The average molecular weight is 320 g/mol. The fourth-order valence-corrected chi connectivity index (χ4v) is 1.61. The summed E-state index contributed by atoms with van der Waals surface area (Å²) in [5.74, 6) is 10.3. The number of carbonyl (C=O) groups is 3. The van der Waals surface area contributed by atoms with Crippen LogP contribution in [0.25, 0.3) is 0 Å². The first-order valence-corrected chi connectivity index (χ1v) is 5.39. The molecular formula is C10H11F3N6O3. The second-order valence-electron chi connectivity index (χ2n) is 3.97. The number of rotatable bonds is 3. The number of carbonyl (C=O) groups excluding carboxylic acids is 3. The van der Waals surface area contributed by atoms with Crippen molar-refractivity contribution in [3.05, 3.63) is 23.3 Å². The molecule has 0 bridgehead atoms. The topological polar surface area (TPSA) is 162 Å². The summed E-state index contributed by atoms with van der Waals surface area (Å²) in [4.78, 5) is 32.9. The average Bonchev–Trinajstić information content (AvgIpc) is 2.42. The summed E-state index contributed by atoms with van der Waals surface area (Å²) in [6.07, 6.45) is -4.91. The lowest BCUT2D eigenvalue weighted by molar-refractivity contribution is -0.136. The molecule has 1 aromatic carbocycles. The van der Waals surface area contributed by atoms with Gasteiger partial charge in [-0.15, -0.1) is 0 Å². The Bertz CT molecular complexity index is 592. The van der Waals surface area contributed by atoms with E-state index in [0.717, 1.165) is 0 Å². The number of urea groups is 2. The summed E-state index contributed by atoms with van der Waals surface area (Å²) in [7, 11) is 0. The van der Waals surface area contributed by atoms with Crippen molar-refractivity contribution in [2.75, 3.05) is 10.0 Å². The van der Waals surface area contributed by atoms with Crippen LogP contribution in [0.5, 0.6) is 0 Å². The van der Waals surface area contributed by atoms with E-state index < -0.39 is 35.2 Å². The van der Waals surface area contributed by atoms with Crippen LogP contribution in [-0.4, -0.2) is 18.3 Å². The molecule has 22 heavy (non-hydrogen) atoms. The molecule has 0 aliphatic carbocycles. The molecule has 0 atom stereocenters. The number of primary amides is 2. The molecule has 0 aromatic heterocycles. The number of nitrogens with zero attached hydrogens (tertiary/aromatic N) is 2. The van der Waals surface area contributed by atoms with Gasteiger partial charge in [-0.25, -0.2) is 31.3 Å². The summed E-state index contributed by atoms with van der Waals surface area (Å²) in [5.41, 5.74) is 5.84. The van der Waals surface area contributed by atoms with E-state index >= 15 is 0 Å². The van der Waals surface area contributed by atoms with E-state index in [1.165, 1.54) is 0 Å². The summed E-state index contributed by atoms with van der Waals surface area (Å²) in [6.45, 7) is 0. The quantitative estimate of drug-likeness (QED) is 0.267. The second-order valence-corrected chi connectivity index (χ2v) is 3.97. The van der Waals surface area contributed by atoms with Crippen molar-refractivity contribution >= 4 is 29.7 Å². The van der Waals surface area contributed by atoms with E-state index in [0.29, 0.717) is 12.1 Å². The zero-order valence-electron chi connectivity index (χ0n) is 10.8. The zero-order chi connectivity index (χ0) is 17.2. The van der Waals surface area contributed by atoms with Crippen LogP contribution in [0.2, 0.25) is 0 Å². The summed E-state index contributed by atoms with van der Waals surface area (Å²) >= 11 is 0. The Morgan fingerprint density at radius 2 is 1.36 bits per heavy atom. The van der Waals surface area contributed by atoms with Gasteiger partial charge >= 0.3 is 18.2 Å². The Balaban J connectivity index is 3.81. The predicted molar refractivity (Wildman–Crippen MR) is 69.3 cm³/mol. The van der Waals surface area contributed by atoms with Crippen LogP contribution in [0.3, 0.4) is 0 Å². The number of benzene rings is 1. The minimum atomic E-state index is -5.08. The van der Waals surface area contributed by atoms with Gasteiger partial charge in [-0.1, -0.05) is 0 Å². The molecule has 8 N–H and O–H groups in total. The van der Waals surface area contributed by atoms with Gasteiger partial charge in [0.15, 0.2) is 0 Å². The lowest BCUT2D eigenvalue weighted by Crippen LogP contribution is -2.45. The van der Waals surface area contributed by atoms with Gasteiger partial charge in [0.05, 0.1) is 11.4 Å². The van der Waals surface area contributed by atoms with Crippen LogP contribution in [-0.2, 0) is 6.18 Å². The van der Waals surface area contributed by atoms with Crippen molar-refractivity contribution < 1.29 is 27.6 Å². The van der Waals surface area contributed by atoms with Crippen molar-refractivity contribution in [1.29, 1.82) is 0 Å². The fourth-order valence-electron chi connectivity index (χ4n) is 1.61. The number of aldehydes is 1. The van der Waals surface area contributed by atoms with E-state index in [1.54, 1.807) is 0 Å². The number of hydrogen-bond acceptors (Lipinski definition) is 5. The van der Waals surface area contributed by atoms with Crippen LogP contribution in [0.15, 0.2) is 12.1 Å². The molecule has 0 radical (unpaired) electrons. The van der Waals surface area contributed by atoms with Crippen molar-refractivity contribution in [3.63, 3.8) is 0 Å². The van der Waals surface area contributed by atoms with Crippen molar-refractivity contribution in [3.8, 4) is 0 Å². The van der Waals surface area contributed by atoms with Crippen molar-refractivity contribution in [2.24, 2.45) is 23.2 Å². The summed E-state index contributed by atoms with van der Waals surface area (Å²) in [5, 5.41) is -0.0671. The second kappa shape index (κ2) is 5.87. The van der Waals surface area contributed by atoms with Crippen LogP contribution in [0.4, 0.5) is 34.1 Å². The van der Waals surface area contributed by atoms with Gasteiger partial charge in [-0.05, 0) is 12.1 Å². The standard InChI is InChI=1S/C10H11F3N6O3/c11-10(12,13)7-5(18(16)8(14)21)1-4(3-20)2-6(7)19(17)9(15)22/h1-3H,16-17H2,(H2,14,21)(H2,15,22). The molecule has 0 saturated carbocycles. The molecule has 120 valence electrons. The van der Waals surface area contributed by atoms with E-state index in [2.05, 4.69) is 0 Å². The van der Waals surface area contributed by atoms with E-state index in [9.17, 15) is 27.6 Å². The molecule has 0 fully saturated rings. The maximum atomic E-state index is 13.2. The smallest absolute Gasteiger partial charge is 0.350 e. The van der Waals surface area contributed by atoms with Gasteiger partial charge in [-0.2, -0.15) is 13.2 Å². The predicted octanol–water partition coefficient (Wildman–Crippen LogP) is 0.0355. The Hall–Kier alpha value is -2.86. The van der Waals surface area contributed by atoms with Gasteiger partial charge in [0.25, 0.3) is 0 Å². The van der Waals surface area contributed by atoms with Crippen molar-refractivity contribution in [1.82, 2.24) is 0 Å². The van der Waals surface area contributed by atoms with Gasteiger partial charge in [0.2, 0.25) is 0 Å². The van der Waals surface area contributed by atoms with Gasteiger partial charge in [0, 0.05) is 5.56 Å². The molecule has 0 unspecified atom stereocenters. The minimum absolute atomic E-state index is 0.0336. The number of nitrogens with two attached hydrogens (primary N) is 4. The maximum Gasteiger partial charge on any atom is 0.420 e. The lowest BCUT2D eigenvalue weighted by atomic mass is 10.1. The van der Waals surface area contributed by atoms with Crippen molar-refractivity contribution in [2.45, 2.75) is 6.18 Å². The van der Waals surface area contributed by atoms with Gasteiger partial charge in [-0.3, -0.25) is 4.79 Å². The third-order valence-corrected chi connectivity index (χ3v) is 2.53. The fraction of sp³-hybridized carbons (Fsp3) is 0.100. The first-order valence-electron chi connectivity index (χ1n) is 5.39. The highest BCUT2D eigenvalue weighted by Gasteiger charge is 2.40. The number of hydrazine groups is 2. The molecule has 1 rings (SSSR count). The highest BCUT2D eigenvalue weighted by Crippen LogP contribution is 2.42. The molecule has 0 aliphatic heterocycles. The van der Waals surface area contributed by atoms with E-state index in [1.807, 2.05) is 0 Å². The van der Waals surface area contributed by atoms with Crippen LogP contribution < -0.4 is 33.2 Å². The molecule has 0 heterocycles. The highest BCUT2D eigenvalue weighted by atomic mass is 19.4. The Morgan fingerprint density at radius 3 is 1.59 bits per heavy atom. The van der Waals surface area contributed by atoms with E-state index in [4.69, 9.17) is 23.2 Å². The molecule has 1 aromatic rings. The normalized spacial score (nSPS) is 11.0. The summed E-state index contributed by atoms with van der Waals surface area (Å²) in [6, 6.07) is -1.53. The molecule has 4 amide bonds. The largest absolute Gasteiger partial charge is 0.420 e. The molecular weight excluding hydrogens is 309 g/mol. The first kappa shape index (κ1) is 17.2. The Labute approximate surface area is 121 Å². The number of halogens is 3. The molecule has 0 saturated heterocycles. The number of hydrogen-bond donors (Lipinski definition) is 4. The SMILES string of the molecule is NC(=O)N(N)c1cc(C=O)cc(N(N)C(N)=O)c1C(F)(F)F. The third-order valence-electron chi connectivity index (χ3n) is 2.53. The Kier molecular flexibility index (Phi) is 4.58. The highest BCUT2D eigenvalue weighted by molar-refractivity contribution is 5.97. The zero-order valence-corrected chi connectivity index (χ0v) is 10.8. The monoisotopic (exact) mass is 320 g/mol. The number of anilines is 2. The van der Waals surface area contributed by atoms with Crippen LogP contribution >= 0.6 is 0 Å².